The number of halogens is 1. The fraction of sp³-hybridized carbons (Fsp3) is 0.417. The van der Waals surface area contributed by atoms with E-state index in [1.807, 2.05) is 43.3 Å². The Hall–Kier alpha value is -4.04. The molecule has 0 amide bonds. The van der Waals surface area contributed by atoms with E-state index >= 15 is 0 Å². The van der Waals surface area contributed by atoms with Crippen molar-refractivity contribution < 1.29 is 34.0 Å². The minimum Gasteiger partial charge on any atom is -0.508 e. The fourth-order valence-corrected chi connectivity index (χ4v) is 6.33. The van der Waals surface area contributed by atoms with Gasteiger partial charge in [-0.3, -0.25) is 14.1 Å². The number of aromatic hydroxyl groups is 2. The first-order valence-corrected chi connectivity index (χ1v) is 15.5. The molecule has 2 aliphatic heterocycles. The van der Waals surface area contributed by atoms with Crippen LogP contribution in [-0.2, 0) is 4.79 Å². The summed E-state index contributed by atoms with van der Waals surface area (Å²) >= 11 is 0. The number of nitrogens with zero attached hydrogens (tertiary/aromatic N) is 1. The number of hydrogen-bond acceptors (Lipinski definition) is 6. The summed E-state index contributed by atoms with van der Waals surface area (Å²) < 4.78 is 24.9. The summed E-state index contributed by atoms with van der Waals surface area (Å²) in [5.74, 6) is 2.08. The number of phenols is 2. The summed E-state index contributed by atoms with van der Waals surface area (Å²) in [7, 11) is 0. The molecule has 0 aromatic heterocycles. The number of benzene rings is 3. The lowest BCUT2D eigenvalue weighted by Crippen LogP contribution is -2.49. The van der Waals surface area contributed by atoms with Gasteiger partial charge in [0, 0.05) is 43.1 Å². The van der Waals surface area contributed by atoms with Crippen LogP contribution in [0, 0.1) is 11.8 Å². The molecule has 8 heteroatoms. The summed E-state index contributed by atoms with van der Waals surface area (Å²) in [4.78, 5) is 12.3. The SMILES string of the molecule is CC1=C(c2cccc(O)c2)[C@@H](c2ccc(OCCN3CC(CF)C3)cc2)Oc2ccc(O)cc21.O=C(O)CCC1CCCC1. The second kappa shape index (κ2) is 14.6. The van der Waals surface area contributed by atoms with Crippen molar-refractivity contribution >= 4 is 17.1 Å². The van der Waals surface area contributed by atoms with Gasteiger partial charge in [0.25, 0.3) is 0 Å². The zero-order valence-corrected chi connectivity index (χ0v) is 25.3. The van der Waals surface area contributed by atoms with E-state index in [-0.39, 0.29) is 30.2 Å². The highest BCUT2D eigenvalue weighted by molar-refractivity contribution is 5.95. The average molecular weight is 604 g/mol. The quantitative estimate of drug-likeness (QED) is 0.221. The molecule has 0 unspecified atom stereocenters. The molecule has 2 heterocycles. The predicted octanol–water partition coefficient (Wildman–Crippen LogP) is 7.48. The molecule has 3 aromatic carbocycles. The summed E-state index contributed by atoms with van der Waals surface area (Å²) in [5, 5.41) is 28.5. The molecule has 2 fully saturated rings. The molecule has 0 radical (unpaired) electrons. The number of ether oxygens (including phenoxy) is 2. The van der Waals surface area contributed by atoms with Gasteiger partial charge in [-0.1, -0.05) is 49.9 Å². The third-order valence-electron chi connectivity index (χ3n) is 8.79. The number of carboxylic acids is 1. The maximum Gasteiger partial charge on any atom is 0.303 e. The van der Waals surface area contributed by atoms with E-state index in [9.17, 15) is 19.4 Å². The molecule has 0 bridgehead atoms. The van der Waals surface area contributed by atoms with Crippen LogP contribution in [0.25, 0.3) is 11.1 Å². The molecular formula is C36H42FNO6. The van der Waals surface area contributed by atoms with Crippen molar-refractivity contribution in [2.24, 2.45) is 11.8 Å². The van der Waals surface area contributed by atoms with Crippen LogP contribution < -0.4 is 9.47 Å². The largest absolute Gasteiger partial charge is 0.508 e. The summed E-state index contributed by atoms with van der Waals surface area (Å²) in [6.07, 6.45) is 6.02. The summed E-state index contributed by atoms with van der Waals surface area (Å²) in [6, 6.07) is 20.1. The van der Waals surface area contributed by atoms with Crippen LogP contribution in [-0.4, -0.2) is 59.1 Å². The van der Waals surface area contributed by atoms with E-state index < -0.39 is 5.97 Å². The monoisotopic (exact) mass is 603 g/mol. The van der Waals surface area contributed by atoms with Gasteiger partial charge in [-0.05, 0) is 78.4 Å². The highest BCUT2D eigenvalue weighted by atomic mass is 19.1. The van der Waals surface area contributed by atoms with E-state index in [1.165, 1.54) is 25.7 Å². The zero-order valence-electron chi connectivity index (χ0n) is 25.3. The number of fused-ring (bicyclic) bond motifs is 1. The molecule has 0 spiro atoms. The van der Waals surface area contributed by atoms with Gasteiger partial charge in [0.15, 0.2) is 0 Å². The van der Waals surface area contributed by atoms with Crippen LogP contribution in [0.5, 0.6) is 23.0 Å². The number of alkyl halides is 1. The van der Waals surface area contributed by atoms with Crippen LogP contribution in [0.2, 0.25) is 0 Å². The Kier molecular flexibility index (Phi) is 10.4. The number of likely N-dealkylation sites (tertiary alicyclic amines) is 1. The van der Waals surface area contributed by atoms with E-state index in [0.717, 1.165) is 65.6 Å². The van der Waals surface area contributed by atoms with Crippen LogP contribution in [0.3, 0.4) is 0 Å². The maximum absolute atomic E-state index is 12.6. The molecule has 3 aromatic rings. The Labute approximate surface area is 258 Å². The minimum atomic E-state index is -0.646. The minimum absolute atomic E-state index is 0.176. The molecule has 234 valence electrons. The van der Waals surface area contributed by atoms with Gasteiger partial charge in [-0.2, -0.15) is 0 Å². The number of rotatable bonds is 10. The lowest BCUT2D eigenvalue weighted by atomic mass is 9.86. The lowest BCUT2D eigenvalue weighted by Gasteiger charge is -2.37. The number of carbonyl (C=O) groups is 1. The molecule has 7 nitrogen and oxygen atoms in total. The van der Waals surface area contributed by atoms with Gasteiger partial charge < -0.3 is 24.8 Å². The molecule has 1 atom stereocenters. The molecule has 6 rings (SSSR count). The Morgan fingerprint density at radius 2 is 1.70 bits per heavy atom. The van der Waals surface area contributed by atoms with Gasteiger partial charge >= 0.3 is 5.97 Å². The first-order valence-electron chi connectivity index (χ1n) is 15.5. The Bertz CT molecular complexity index is 1440. The molecule has 1 saturated heterocycles. The van der Waals surface area contributed by atoms with E-state index in [2.05, 4.69) is 4.90 Å². The molecule has 3 N–H and O–H groups in total. The van der Waals surface area contributed by atoms with Crippen molar-refractivity contribution in [1.29, 1.82) is 0 Å². The molecule has 1 aliphatic carbocycles. The third kappa shape index (κ3) is 7.91. The van der Waals surface area contributed by atoms with Crippen molar-refractivity contribution in [2.75, 3.05) is 32.9 Å². The van der Waals surface area contributed by atoms with E-state index in [0.29, 0.717) is 18.8 Å². The van der Waals surface area contributed by atoms with Gasteiger partial charge in [0.05, 0.1) is 6.67 Å². The van der Waals surface area contributed by atoms with E-state index in [1.54, 1.807) is 30.3 Å². The maximum atomic E-state index is 12.6. The van der Waals surface area contributed by atoms with Crippen molar-refractivity contribution in [2.45, 2.75) is 51.6 Å². The second-order valence-electron chi connectivity index (χ2n) is 12.0. The van der Waals surface area contributed by atoms with Crippen LogP contribution in [0.15, 0.2) is 66.7 Å². The number of carboxylic acid groups (broad SMARTS) is 1. The molecule has 44 heavy (non-hydrogen) atoms. The first-order chi connectivity index (χ1) is 21.3. The molecular weight excluding hydrogens is 561 g/mol. The average Bonchev–Trinajstić information content (AvgIpc) is 3.52. The van der Waals surface area contributed by atoms with Crippen molar-refractivity contribution in [3.05, 3.63) is 83.4 Å². The molecule has 1 saturated carbocycles. The standard InChI is InChI=1S/C28H28FNO4.C8H14O2/c1-18-25-14-23(32)7-10-26(25)34-28(27(18)21-3-2-4-22(31)13-21)20-5-8-24(9-6-20)33-12-11-30-16-19(15-29)17-30;9-8(10)6-5-7-3-1-2-4-7/h2-10,13-14,19,28,31-32H,11-12,15-17H2,1H3;7H,1-6H2,(H,9,10)/t28-;/m1./s1. The lowest BCUT2D eigenvalue weighted by molar-refractivity contribution is -0.137. The second-order valence-corrected chi connectivity index (χ2v) is 12.0. The summed E-state index contributed by atoms with van der Waals surface area (Å²) in [5.41, 5.74) is 4.56. The first kappa shape index (κ1) is 31.4. The van der Waals surface area contributed by atoms with Crippen LogP contribution in [0.4, 0.5) is 4.39 Å². The fourth-order valence-electron chi connectivity index (χ4n) is 6.33. The third-order valence-corrected chi connectivity index (χ3v) is 8.79. The predicted molar refractivity (Wildman–Crippen MR) is 169 cm³/mol. The van der Waals surface area contributed by atoms with Crippen molar-refractivity contribution in [3.8, 4) is 23.0 Å². The number of hydrogen-bond donors (Lipinski definition) is 3. The summed E-state index contributed by atoms with van der Waals surface area (Å²) in [6.45, 7) is 4.72. The number of aliphatic carboxylic acids is 1. The number of phenolic OH excluding ortho intramolecular Hbond substituents is 2. The normalized spacial score (nSPS) is 18.5. The highest BCUT2D eigenvalue weighted by Gasteiger charge is 2.30. The van der Waals surface area contributed by atoms with Crippen molar-refractivity contribution in [3.63, 3.8) is 0 Å². The van der Waals surface area contributed by atoms with Crippen LogP contribution in [0.1, 0.15) is 68.2 Å². The number of allylic oxidation sites excluding steroid dienone is 1. The Morgan fingerprint density at radius 3 is 2.39 bits per heavy atom. The topological polar surface area (TPSA) is 99.5 Å². The highest BCUT2D eigenvalue weighted by Crippen LogP contribution is 2.47. The Balaban J connectivity index is 0.000000328. The van der Waals surface area contributed by atoms with E-state index in [4.69, 9.17) is 14.6 Å². The van der Waals surface area contributed by atoms with Gasteiger partial charge in [-0.15, -0.1) is 0 Å². The van der Waals surface area contributed by atoms with Crippen molar-refractivity contribution in [1.82, 2.24) is 4.90 Å². The Morgan fingerprint density at radius 1 is 0.977 bits per heavy atom. The van der Waals surface area contributed by atoms with Gasteiger partial charge in [0.1, 0.15) is 35.7 Å². The zero-order chi connectivity index (χ0) is 31.1. The van der Waals surface area contributed by atoms with Gasteiger partial charge in [-0.25, -0.2) is 0 Å². The van der Waals surface area contributed by atoms with Gasteiger partial charge in [0.2, 0.25) is 0 Å². The van der Waals surface area contributed by atoms with Crippen LogP contribution >= 0.6 is 0 Å². The smallest absolute Gasteiger partial charge is 0.303 e. The molecule has 3 aliphatic rings.